The molecule has 0 unspecified atom stereocenters. The van der Waals surface area contributed by atoms with E-state index in [0.29, 0.717) is 5.92 Å². The van der Waals surface area contributed by atoms with Gasteiger partial charge in [-0.25, -0.2) is 4.79 Å². The first-order valence-electron chi connectivity index (χ1n) is 4.25. The average Bonchev–Trinajstić information content (AvgIpc) is 2.01. The van der Waals surface area contributed by atoms with Crippen LogP contribution in [-0.2, 0) is 4.74 Å². The highest BCUT2D eigenvalue weighted by Gasteiger charge is 2.30. The van der Waals surface area contributed by atoms with Crippen molar-refractivity contribution >= 4 is 6.09 Å². The molecule has 0 bridgehead atoms. The average molecular weight is 172 g/mol. The highest BCUT2D eigenvalue weighted by atomic mass is 16.5. The molecule has 0 aliphatic carbocycles. The molecule has 0 spiro atoms. The molecule has 1 fully saturated rings. The van der Waals surface area contributed by atoms with Crippen molar-refractivity contribution in [2.24, 2.45) is 5.92 Å². The number of carbonyl (C=O) groups is 1. The maximum absolute atomic E-state index is 10.9. The Balaban J connectivity index is 2.07. The minimum absolute atomic E-state index is 0.198. The topological polar surface area (TPSA) is 41.6 Å². The van der Waals surface area contributed by atoms with Gasteiger partial charge in [0, 0.05) is 13.1 Å². The fourth-order valence-electron chi connectivity index (χ4n) is 1.38. The lowest BCUT2D eigenvalue weighted by Gasteiger charge is -2.37. The first-order chi connectivity index (χ1) is 5.77. The number of methoxy groups -OCH3 is 1. The van der Waals surface area contributed by atoms with Crippen LogP contribution in [0, 0.1) is 5.92 Å². The van der Waals surface area contributed by atoms with E-state index in [1.165, 1.54) is 7.11 Å². The molecule has 1 rings (SSSR count). The summed E-state index contributed by atoms with van der Waals surface area (Å²) < 4.78 is 4.58. The summed E-state index contributed by atoms with van der Waals surface area (Å²) in [7, 11) is 3.36. The summed E-state index contributed by atoms with van der Waals surface area (Å²) in [5, 5.41) is 3.09. The SMILES string of the molecule is CNCCC1CN(C(=O)OC)C1. The Morgan fingerprint density at radius 3 is 2.83 bits per heavy atom. The molecule has 0 radical (unpaired) electrons. The van der Waals surface area contributed by atoms with E-state index >= 15 is 0 Å². The Bertz CT molecular complexity index is 155. The number of nitrogens with zero attached hydrogens (tertiary/aromatic N) is 1. The van der Waals surface area contributed by atoms with Gasteiger partial charge >= 0.3 is 6.09 Å². The third-order valence-corrected chi connectivity index (χ3v) is 2.19. The molecule has 1 N–H and O–H groups in total. The molecular weight excluding hydrogens is 156 g/mol. The van der Waals surface area contributed by atoms with E-state index in [1.807, 2.05) is 7.05 Å². The molecular formula is C8H16N2O2. The largest absolute Gasteiger partial charge is 0.453 e. The standard InChI is InChI=1S/C8H16N2O2/c1-9-4-3-7-5-10(6-7)8(11)12-2/h7,9H,3-6H2,1-2H3. The van der Waals surface area contributed by atoms with E-state index in [9.17, 15) is 4.79 Å². The maximum Gasteiger partial charge on any atom is 0.409 e. The summed E-state index contributed by atoms with van der Waals surface area (Å²) in [6, 6.07) is 0. The van der Waals surface area contributed by atoms with Gasteiger partial charge in [0.25, 0.3) is 0 Å². The van der Waals surface area contributed by atoms with E-state index in [-0.39, 0.29) is 6.09 Å². The van der Waals surface area contributed by atoms with Crippen molar-refractivity contribution in [3.63, 3.8) is 0 Å². The molecule has 0 aromatic heterocycles. The predicted octanol–water partition coefficient (Wildman–Crippen LogP) is 0.294. The molecule has 70 valence electrons. The Kier molecular flexibility index (Phi) is 3.34. The second kappa shape index (κ2) is 4.30. The van der Waals surface area contributed by atoms with Crippen LogP contribution in [0.2, 0.25) is 0 Å². The normalized spacial score (nSPS) is 17.3. The van der Waals surface area contributed by atoms with Gasteiger partial charge in [-0.05, 0) is 25.9 Å². The molecule has 0 saturated carbocycles. The van der Waals surface area contributed by atoms with Crippen molar-refractivity contribution in [3.05, 3.63) is 0 Å². The first kappa shape index (κ1) is 9.32. The van der Waals surface area contributed by atoms with Crippen molar-refractivity contribution < 1.29 is 9.53 Å². The van der Waals surface area contributed by atoms with Crippen molar-refractivity contribution in [3.8, 4) is 0 Å². The minimum atomic E-state index is -0.198. The van der Waals surface area contributed by atoms with E-state index in [1.54, 1.807) is 4.90 Å². The number of hydrogen-bond donors (Lipinski definition) is 1. The maximum atomic E-state index is 10.9. The second-order valence-corrected chi connectivity index (χ2v) is 3.13. The predicted molar refractivity (Wildman–Crippen MR) is 46.0 cm³/mol. The quantitative estimate of drug-likeness (QED) is 0.665. The van der Waals surface area contributed by atoms with Crippen LogP contribution in [0.1, 0.15) is 6.42 Å². The summed E-state index contributed by atoms with van der Waals surface area (Å²) >= 11 is 0. The molecule has 4 heteroatoms. The van der Waals surface area contributed by atoms with Gasteiger partial charge in [-0.3, -0.25) is 0 Å². The highest BCUT2D eigenvalue weighted by molar-refractivity contribution is 5.68. The van der Waals surface area contributed by atoms with Gasteiger partial charge in [0.15, 0.2) is 0 Å². The lowest BCUT2D eigenvalue weighted by Crippen LogP contribution is -2.50. The number of ether oxygens (including phenoxy) is 1. The Labute approximate surface area is 72.9 Å². The summed E-state index contributed by atoms with van der Waals surface area (Å²) in [6.45, 7) is 2.74. The smallest absolute Gasteiger partial charge is 0.409 e. The zero-order valence-electron chi connectivity index (χ0n) is 7.67. The molecule has 1 saturated heterocycles. The number of carbonyl (C=O) groups excluding carboxylic acids is 1. The molecule has 4 nitrogen and oxygen atoms in total. The second-order valence-electron chi connectivity index (χ2n) is 3.13. The molecule has 0 aromatic rings. The molecule has 1 heterocycles. The zero-order valence-corrected chi connectivity index (χ0v) is 7.67. The zero-order chi connectivity index (χ0) is 8.97. The Hall–Kier alpha value is -0.770. The number of rotatable bonds is 3. The van der Waals surface area contributed by atoms with Gasteiger partial charge in [-0.2, -0.15) is 0 Å². The van der Waals surface area contributed by atoms with Crippen molar-refractivity contribution in [2.75, 3.05) is 33.8 Å². The Morgan fingerprint density at radius 2 is 2.33 bits per heavy atom. The van der Waals surface area contributed by atoms with Gasteiger partial charge in [0.1, 0.15) is 0 Å². The lowest BCUT2D eigenvalue weighted by atomic mass is 9.97. The summed E-state index contributed by atoms with van der Waals surface area (Å²) in [4.78, 5) is 12.6. The summed E-state index contributed by atoms with van der Waals surface area (Å²) in [5.41, 5.74) is 0. The van der Waals surface area contributed by atoms with E-state index in [2.05, 4.69) is 10.1 Å². The Morgan fingerprint density at radius 1 is 1.67 bits per heavy atom. The third-order valence-electron chi connectivity index (χ3n) is 2.19. The number of amides is 1. The number of nitrogens with one attached hydrogen (secondary N) is 1. The van der Waals surface area contributed by atoms with Crippen LogP contribution >= 0.6 is 0 Å². The van der Waals surface area contributed by atoms with E-state index in [0.717, 1.165) is 26.1 Å². The van der Waals surface area contributed by atoms with Gasteiger partial charge in [0.05, 0.1) is 7.11 Å². The fourth-order valence-corrected chi connectivity index (χ4v) is 1.38. The highest BCUT2D eigenvalue weighted by Crippen LogP contribution is 2.18. The van der Waals surface area contributed by atoms with Crippen molar-refractivity contribution in [1.82, 2.24) is 10.2 Å². The van der Waals surface area contributed by atoms with E-state index < -0.39 is 0 Å². The van der Waals surface area contributed by atoms with Crippen LogP contribution < -0.4 is 5.32 Å². The molecule has 0 aromatic carbocycles. The minimum Gasteiger partial charge on any atom is -0.453 e. The number of likely N-dealkylation sites (tertiary alicyclic amines) is 1. The molecule has 12 heavy (non-hydrogen) atoms. The molecule has 1 aliphatic rings. The molecule has 1 aliphatic heterocycles. The van der Waals surface area contributed by atoms with E-state index in [4.69, 9.17) is 0 Å². The third kappa shape index (κ3) is 2.11. The summed E-state index contributed by atoms with van der Waals surface area (Å²) in [5.74, 6) is 0.663. The van der Waals surface area contributed by atoms with Gasteiger partial charge < -0.3 is 15.0 Å². The van der Waals surface area contributed by atoms with Gasteiger partial charge in [0.2, 0.25) is 0 Å². The molecule has 0 atom stereocenters. The van der Waals surface area contributed by atoms with Crippen LogP contribution in [0.5, 0.6) is 0 Å². The lowest BCUT2D eigenvalue weighted by molar-refractivity contribution is 0.0650. The fraction of sp³-hybridized carbons (Fsp3) is 0.875. The monoisotopic (exact) mass is 172 g/mol. The van der Waals surface area contributed by atoms with Gasteiger partial charge in [-0.15, -0.1) is 0 Å². The van der Waals surface area contributed by atoms with Crippen LogP contribution in [0.4, 0.5) is 4.79 Å². The number of hydrogen-bond acceptors (Lipinski definition) is 3. The molecule has 1 amide bonds. The van der Waals surface area contributed by atoms with Crippen LogP contribution in [-0.4, -0.2) is 44.8 Å². The van der Waals surface area contributed by atoms with Crippen molar-refractivity contribution in [1.29, 1.82) is 0 Å². The van der Waals surface area contributed by atoms with Crippen molar-refractivity contribution in [2.45, 2.75) is 6.42 Å². The summed E-state index contributed by atoms with van der Waals surface area (Å²) in [6.07, 6.45) is 0.944. The van der Waals surface area contributed by atoms with Crippen LogP contribution in [0.25, 0.3) is 0 Å². The van der Waals surface area contributed by atoms with Crippen LogP contribution in [0.3, 0.4) is 0 Å². The first-order valence-corrected chi connectivity index (χ1v) is 4.25. The van der Waals surface area contributed by atoms with Gasteiger partial charge in [-0.1, -0.05) is 0 Å². The van der Waals surface area contributed by atoms with Crippen LogP contribution in [0.15, 0.2) is 0 Å².